The summed E-state index contributed by atoms with van der Waals surface area (Å²) in [6.45, 7) is 12.9. The number of aromatic amines is 1. The second-order valence-corrected chi connectivity index (χ2v) is 20.2. The number of cyclic esters (lactones) is 1. The van der Waals surface area contributed by atoms with Gasteiger partial charge in [0.1, 0.15) is 35.9 Å². The molecule has 67 heavy (non-hydrogen) atoms. The lowest BCUT2D eigenvalue weighted by atomic mass is 9.81. The van der Waals surface area contributed by atoms with Crippen LogP contribution in [0.1, 0.15) is 131 Å². The number of Topliss-reactive ketones (excluding diaryl/α,β-unsaturated/α-hetero) is 2. The molecule has 3 fully saturated rings. The number of aliphatic hydroxyl groups excluding tert-OH is 3. The van der Waals surface area contributed by atoms with E-state index in [1.54, 1.807) is 27.7 Å². The van der Waals surface area contributed by atoms with Gasteiger partial charge in [-0.3, -0.25) is 14.4 Å². The number of methoxy groups -OCH3 is 2. The van der Waals surface area contributed by atoms with Gasteiger partial charge in [-0.1, -0.05) is 45.4 Å². The van der Waals surface area contributed by atoms with E-state index in [1.807, 2.05) is 57.2 Å². The second-order valence-electron chi connectivity index (χ2n) is 20.2. The molecule has 15 unspecified atom stereocenters. The van der Waals surface area contributed by atoms with Gasteiger partial charge in [-0.15, -0.1) is 0 Å². The molecule has 0 spiro atoms. The molecule has 2 aromatic rings. The SMILES string of the molecule is CCC1C=C(C)CC(C)CC(OC)C2OC(O)(C(=O)C(=O)N3CCCCC3C(=O)OC(C(C)=CC3CCC(Oc4ccc5[nH]c(C(C)O)cc5c4)C(O)C3)C(C)C(O)CC1=O)C(C)CC2OC. The number of nitrogens with one attached hydrogen (secondary N) is 1. The number of carbonyl (C=O) groups excluding carboxylic acids is 4. The first-order valence-corrected chi connectivity index (χ1v) is 24.5. The molecular weight excluding hydrogens is 861 g/mol. The van der Waals surface area contributed by atoms with Crippen LogP contribution in [0, 0.1) is 29.6 Å². The molecule has 1 aromatic carbocycles. The molecule has 1 aromatic heterocycles. The van der Waals surface area contributed by atoms with E-state index in [0.717, 1.165) is 16.5 Å². The number of aliphatic hydroxyl groups is 4. The van der Waals surface area contributed by atoms with Crippen molar-refractivity contribution in [2.24, 2.45) is 29.6 Å². The summed E-state index contributed by atoms with van der Waals surface area (Å²) in [5.41, 5.74) is 3.15. The number of ketones is 2. The maximum absolute atomic E-state index is 14.5. The largest absolute Gasteiger partial charge is 0.488 e. The van der Waals surface area contributed by atoms with Crippen molar-refractivity contribution in [3.8, 4) is 5.75 Å². The number of hydrogen-bond donors (Lipinski definition) is 5. The number of H-pyrrole nitrogens is 1. The first-order chi connectivity index (χ1) is 31.8. The molecule has 4 heterocycles. The highest BCUT2D eigenvalue weighted by Crippen LogP contribution is 2.40. The number of amides is 1. The van der Waals surface area contributed by atoms with Crippen molar-refractivity contribution >= 4 is 34.3 Å². The maximum atomic E-state index is 14.5. The van der Waals surface area contributed by atoms with Gasteiger partial charge in [-0.25, -0.2) is 4.79 Å². The smallest absolute Gasteiger partial charge is 0.329 e. The lowest BCUT2D eigenvalue weighted by Crippen LogP contribution is -2.64. The summed E-state index contributed by atoms with van der Waals surface area (Å²) in [4.78, 5) is 61.5. The summed E-state index contributed by atoms with van der Waals surface area (Å²) in [6.07, 6.45) is 2.05. The fraction of sp³-hybridized carbons (Fsp3) is 0.692. The summed E-state index contributed by atoms with van der Waals surface area (Å²) in [5.74, 6) is -7.29. The molecule has 3 aliphatic heterocycles. The number of nitrogens with zero attached hydrogens (tertiary/aromatic N) is 1. The molecular formula is C52H76N2O13. The Morgan fingerprint density at radius 1 is 0.955 bits per heavy atom. The van der Waals surface area contributed by atoms with Crippen LogP contribution in [0.2, 0.25) is 0 Å². The van der Waals surface area contributed by atoms with E-state index in [4.69, 9.17) is 23.7 Å². The van der Waals surface area contributed by atoms with E-state index in [1.165, 1.54) is 19.1 Å². The first-order valence-electron chi connectivity index (χ1n) is 24.5. The summed E-state index contributed by atoms with van der Waals surface area (Å²) >= 11 is 0. The van der Waals surface area contributed by atoms with E-state index >= 15 is 0 Å². The predicted molar refractivity (Wildman–Crippen MR) is 251 cm³/mol. The molecule has 15 heteroatoms. The lowest BCUT2D eigenvalue weighted by Gasteiger charge is -2.47. The highest BCUT2D eigenvalue weighted by molar-refractivity contribution is 6.39. The van der Waals surface area contributed by atoms with E-state index < -0.39 is 96.1 Å². The molecule has 0 radical (unpaired) electrons. The van der Waals surface area contributed by atoms with Gasteiger partial charge in [-0.05, 0) is 127 Å². The van der Waals surface area contributed by atoms with Crippen LogP contribution in [0.15, 0.2) is 47.6 Å². The van der Waals surface area contributed by atoms with Crippen LogP contribution in [0.4, 0.5) is 0 Å². The van der Waals surface area contributed by atoms with E-state index in [-0.39, 0.29) is 43.4 Å². The molecule has 1 aliphatic carbocycles. The normalized spacial score (nSPS) is 36.4. The topological polar surface area (TPSA) is 214 Å². The van der Waals surface area contributed by atoms with Crippen LogP contribution in [0.5, 0.6) is 5.75 Å². The monoisotopic (exact) mass is 937 g/mol. The Balaban J connectivity index is 1.28. The minimum atomic E-state index is -2.53. The number of ether oxygens (including phenoxy) is 5. The third-order valence-corrected chi connectivity index (χ3v) is 14.9. The summed E-state index contributed by atoms with van der Waals surface area (Å²) < 4.78 is 30.7. The van der Waals surface area contributed by atoms with Gasteiger partial charge in [0.25, 0.3) is 11.7 Å². The van der Waals surface area contributed by atoms with Crippen molar-refractivity contribution < 1.29 is 63.3 Å². The number of aromatic nitrogens is 1. The minimum Gasteiger partial charge on any atom is -0.488 e. The Kier molecular flexibility index (Phi) is 17.7. The van der Waals surface area contributed by atoms with Gasteiger partial charge in [-0.2, -0.15) is 0 Å². The Labute approximate surface area is 395 Å². The van der Waals surface area contributed by atoms with Crippen molar-refractivity contribution in [1.29, 1.82) is 0 Å². The van der Waals surface area contributed by atoms with Gasteiger partial charge in [0.15, 0.2) is 0 Å². The van der Waals surface area contributed by atoms with E-state index in [0.29, 0.717) is 68.4 Å². The standard InChI is InChI=1S/C52H76N2O13/c1-10-35-20-28(2)19-29(3)21-45(63-8)48-46(64-9)23-31(5)52(62,67-48)49(59)50(60)54-18-12-11-13-40(54)51(61)66-47(32(6)41(56)27-42(35)57)30(4)22-34-14-17-44(43(58)24-34)65-37-15-16-38-36(25-37)26-39(53-38)33(7)55/h15-16,20,22,25-26,29,31-35,40-41,43-48,53,55-56,58,62H,10-14,17-19,21,23-24,27H2,1-9H3. The fourth-order valence-electron chi connectivity index (χ4n) is 10.9. The van der Waals surface area contributed by atoms with Crippen molar-refractivity contribution in [1.82, 2.24) is 9.88 Å². The van der Waals surface area contributed by atoms with Gasteiger partial charge in [0.05, 0.1) is 30.5 Å². The molecule has 5 N–H and O–H groups in total. The Hall–Kier alpha value is -3.96. The van der Waals surface area contributed by atoms with E-state index in [9.17, 15) is 39.6 Å². The Morgan fingerprint density at radius 3 is 2.34 bits per heavy atom. The Morgan fingerprint density at radius 2 is 1.67 bits per heavy atom. The van der Waals surface area contributed by atoms with Crippen LogP contribution in [0.3, 0.4) is 0 Å². The third kappa shape index (κ3) is 12.1. The average Bonchev–Trinajstić information content (AvgIpc) is 3.74. The van der Waals surface area contributed by atoms with Crippen molar-refractivity contribution in [2.45, 2.75) is 180 Å². The molecule has 6 rings (SSSR count). The predicted octanol–water partition coefficient (Wildman–Crippen LogP) is 6.44. The number of fused-ring (bicyclic) bond motifs is 4. The summed E-state index contributed by atoms with van der Waals surface area (Å²) in [5, 5.41) is 46.2. The first kappa shape index (κ1) is 52.4. The zero-order chi connectivity index (χ0) is 48.9. The number of piperidine rings is 1. The zero-order valence-corrected chi connectivity index (χ0v) is 40.9. The van der Waals surface area contributed by atoms with Gasteiger partial charge in [0.2, 0.25) is 5.79 Å². The van der Waals surface area contributed by atoms with Crippen LogP contribution >= 0.6 is 0 Å². The number of rotatable bonds is 8. The fourth-order valence-corrected chi connectivity index (χ4v) is 10.9. The molecule has 15 atom stereocenters. The number of esters is 1. The summed E-state index contributed by atoms with van der Waals surface area (Å²) in [6, 6.07) is 6.29. The van der Waals surface area contributed by atoms with Gasteiger partial charge < -0.3 is 54.0 Å². The average molecular weight is 937 g/mol. The molecule has 372 valence electrons. The molecule has 4 aliphatic rings. The van der Waals surface area contributed by atoms with Crippen LogP contribution < -0.4 is 4.74 Å². The summed E-state index contributed by atoms with van der Waals surface area (Å²) in [7, 11) is 3.06. The zero-order valence-electron chi connectivity index (χ0n) is 40.9. The molecule has 2 bridgehead atoms. The van der Waals surface area contributed by atoms with Crippen molar-refractivity contribution in [3.05, 3.63) is 53.3 Å². The second kappa shape index (κ2) is 22.6. The molecule has 1 amide bonds. The quantitative estimate of drug-likeness (QED) is 0.110. The van der Waals surface area contributed by atoms with Gasteiger partial charge in [0, 0.05) is 61.5 Å². The van der Waals surface area contributed by atoms with E-state index in [2.05, 4.69) is 4.98 Å². The maximum Gasteiger partial charge on any atom is 0.329 e. The molecule has 15 nitrogen and oxygen atoms in total. The molecule has 2 saturated heterocycles. The van der Waals surface area contributed by atoms with Crippen LogP contribution in [-0.4, -0.2) is 129 Å². The van der Waals surface area contributed by atoms with Crippen molar-refractivity contribution in [2.75, 3.05) is 20.8 Å². The number of allylic oxidation sites excluding steroid dienone is 3. The lowest BCUT2D eigenvalue weighted by molar-refractivity contribution is -0.302. The van der Waals surface area contributed by atoms with Crippen molar-refractivity contribution in [3.63, 3.8) is 0 Å². The third-order valence-electron chi connectivity index (χ3n) is 14.9. The number of benzene rings is 1. The highest BCUT2D eigenvalue weighted by atomic mass is 16.7. The molecule has 1 saturated carbocycles. The number of hydrogen-bond acceptors (Lipinski definition) is 13. The Bertz CT molecular complexity index is 2110. The van der Waals surface area contributed by atoms with Crippen LogP contribution in [0.25, 0.3) is 10.9 Å². The van der Waals surface area contributed by atoms with Crippen LogP contribution in [-0.2, 0) is 38.1 Å². The number of carbonyl (C=O) groups is 4. The minimum absolute atomic E-state index is 0.0153. The highest BCUT2D eigenvalue weighted by Gasteiger charge is 2.56. The van der Waals surface area contributed by atoms with Gasteiger partial charge >= 0.3 is 5.97 Å².